The Bertz CT molecular complexity index is 3500. The third kappa shape index (κ3) is 6.94. The standard InChI is InChI=1S/C66H49N/c1-66(52-26-9-4-10-27-52)60-34-14-11-30-59(60)65-58(33-19-35-61(65)66)56-29-13-16-37-63(56)67(53-44-42-49(43-45-53)48-40-38-47(39-41-48)46-20-5-2-6-21-46)62-36-15-12-28-55(62)57-32-18-25-51-24-17-31-54(64(51)57)50-22-7-3-8-23-50/h2-42,44H,43,45H2,1H3. The van der Waals surface area contributed by atoms with Gasteiger partial charge in [0.1, 0.15) is 0 Å². The lowest BCUT2D eigenvalue weighted by Crippen LogP contribution is -2.22. The van der Waals surface area contributed by atoms with Crippen molar-refractivity contribution in [1.82, 2.24) is 0 Å². The van der Waals surface area contributed by atoms with Crippen LogP contribution in [0.1, 0.15) is 42.0 Å². The molecule has 0 saturated heterocycles. The highest BCUT2D eigenvalue weighted by Crippen LogP contribution is 2.56. The zero-order chi connectivity index (χ0) is 44.7. The Hall–Kier alpha value is -8.26. The maximum atomic E-state index is 2.58. The molecule has 12 rings (SSSR count). The van der Waals surface area contributed by atoms with Crippen molar-refractivity contribution in [1.29, 1.82) is 0 Å². The number of anilines is 2. The second-order valence-corrected chi connectivity index (χ2v) is 18.0. The Labute approximate surface area is 394 Å². The van der Waals surface area contributed by atoms with Gasteiger partial charge in [-0.3, -0.25) is 0 Å². The lowest BCUT2D eigenvalue weighted by molar-refractivity contribution is 0.714. The van der Waals surface area contributed by atoms with Crippen LogP contribution in [0.3, 0.4) is 0 Å². The summed E-state index contributed by atoms with van der Waals surface area (Å²) in [6.45, 7) is 2.41. The topological polar surface area (TPSA) is 3.24 Å². The van der Waals surface area contributed by atoms with E-state index in [0.29, 0.717) is 0 Å². The van der Waals surface area contributed by atoms with Gasteiger partial charge in [0.05, 0.1) is 11.4 Å². The largest absolute Gasteiger partial charge is 0.313 e. The predicted octanol–water partition coefficient (Wildman–Crippen LogP) is 17.7. The Morgan fingerprint density at radius 2 is 0.836 bits per heavy atom. The first-order valence-electron chi connectivity index (χ1n) is 23.6. The van der Waals surface area contributed by atoms with Gasteiger partial charge in [0.2, 0.25) is 0 Å². The van der Waals surface area contributed by atoms with E-state index in [-0.39, 0.29) is 5.41 Å². The van der Waals surface area contributed by atoms with Gasteiger partial charge in [-0.1, -0.05) is 237 Å². The summed E-state index contributed by atoms with van der Waals surface area (Å²) in [5.74, 6) is 0. The number of allylic oxidation sites excluding steroid dienone is 4. The maximum absolute atomic E-state index is 2.58. The molecule has 0 fully saturated rings. The molecule has 10 aromatic carbocycles. The third-order valence-corrected chi connectivity index (χ3v) is 14.3. The average molecular weight is 856 g/mol. The molecule has 318 valence electrons. The van der Waals surface area contributed by atoms with E-state index in [1.807, 2.05) is 0 Å². The maximum Gasteiger partial charge on any atom is 0.0537 e. The molecule has 0 radical (unpaired) electrons. The fourth-order valence-electron chi connectivity index (χ4n) is 11.1. The molecule has 1 nitrogen and oxygen atoms in total. The molecule has 0 spiro atoms. The molecule has 0 saturated carbocycles. The minimum atomic E-state index is -0.304. The van der Waals surface area contributed by atoms with Gasteiger partial charge in [0.25, 0.3) is 0 Å². The number of hydrogen-bond donors (Lipinski definition) is 0. The van der Waals surface area contributed by atoms with Gasteiger partial charge in [-0.2, -0.15) is 0 Å². The van der Waals surface area contributed by atoms with Crippen LogP contribution in [-0.4, -0.2) is 0 Å². The van der Waals surface area contributed by atoms with E-state index < -0.39 is 0 Å². The number of para-hydroxylation sites is 2. The van der Waals surface area contributed by atoms with E-state index in [0.717, 1.165) is 24.2 Å². The van der Waals surface area contributed by atoms with Gasteiger partial charge in [0.15, 0.2) is 0 Å². The van der Waals surface area contributed by atoms with Crippen LogP contribution in [0, 0.1) is 0 Å². The van der Waals surface area contributed by atoms with E-state index in [1.54, 1.807) is 0 Å². The summed E-state index contributed by atoms with van der Waals surface area (Å²) in [6, 6.07) is 89.3. The molecule has 1 atom stereocenters. The SMILES string of the molecule is CC1(c2ccccc2)c2ccccc2-c2c(-c3ccccc3N(C3=CC=C(c4ccc(-c5ccccc5)cc4)CC3)c3ccccc3-c3cccc4cccc(-c5ccccc5)c34)cccc21. The van der Waals surface area contributed by atoms with Crippen molar-refractivity contribution in [3.05, 3.63) is 283 Å². The van der Waals surface area contributed by atoms with Crippen molar-refractivity contribution in [3.8, 4) is 55.6 Å². The van der Waals surface area contributed by atoms with Gasteiger partial charge in [-0.15, -0.1) is 0 Å². The van der Waals surface area contributed by atoms with Crippen LogP contribution in [-0.2, 0) is 5.41 Å². The Morgan fingerprint density at radius 3 is 1.51 bits per heavy atom. The van der Waals surface area contributed by atoms with Crippen LogP contribution >= 0.6 is 0 Å². The average Bonchev–Trinajstić information content (AvgIpc) is 3.68. The molecule has 0 aromatic heterocycles. The van der Waals surface area contributed by atoms with E-state index in [4.69, 9.17) is 0 Å². The summed E-state index contributed by atoms with van der Waals surface area (Å²) in [6.07, 6.45) is 6.55. The summed E-state index contributed by atoms with van der Waals surface area (Å²) >= 11 is 0. The Kier molecular flexibility index (Phi) is 10.2. The lowest BCUT2D eigenvalue weighted by atomic mass is 9.74. The second-order valence-electron chi connectivity index (χ2n) is 18.0. The molecule has 2 aliphatic rings. The van der Waals surface area contributed by atoms with Gasteiger partial charge >= 0.3 is 0 Å². The Balaban J connectivity index is 1.06. The molecule has 1 unspecified atom stereocenters. The summed E-state index contributed by atoms with van der Waals surface area (Å²) in [4.78, 5) is 2.58. The predicted molar refractivity (Wildman–Crippen MR) is 283 cm³/mol. The van der Waals surface area contributed by atoms with Crippen molar-refractivity contribution in [2.24, 2.45) is 0 Å². The van der Waals surface area contributed by atoms with E-state index in [9.17, 15) is 0 Å². The van der Waals surface area contributed by atoms with Crippen LogP contribution < -0.4 is 4.90 Å². The number of nitrogens with zero attached hydrogens (tertiary/aromatic N) is 1. The Morgan fingerprint density at radius 1 is 0.343 bits per heavy atom. The van der Waals surface area contributed by atoms with E-state index in [2.05, 4.69) is 267 Å². The summed E-state index contributed by atoms with van der Waals surface area (Å²) in [5, 5.41) is 2.48. The first-order chi connectivity index (χ1) is 33.1. The third-order valence-electron chi connectivity index (χ3n) is 14.3. The fraction of sp³-hybridized carbons (Fsp3) is 0.0606. The van der Waals surface area contributed by atoms with Crippen LogP contribution in [0.4, 0.5) is 11.4 Å². The number of rotatable bonds is 9. The molecular formula is C66H49N. The van der Waals surface area contributed by atoms with Crippen molar-refractivity contribution < 1.29 is 0 Å². The number of fused-ring (bicyclic) bond motifs is 4. The summed E-state index contributed by atoms with van der Waals surface area (Å²) in [5.41, 5.74) is 22.3. The van der Waals surface area contributed by atoms with Crippen molar-refractivity contribution in [2.45, 2.75) is 25.2 Å². The van der Waals surface area contributed by atoms with Gasteiger partial charge in [-0.25, -0.2) is 0 Å². The molecule has 0 amide bonds. The smallest absolute Gasteiger partial charge is 0.0537 e. The fourth-order valence-corrected chi connectivity index (χ4v) is 11.1. The second kappa shape index (κ2) is 16.9. The minimum Gasteiger partial charge on any atom is -0.313 e. The van der Waals surface area contributed by atoms with E-state index >= 15 is 0 Å². The molecular weight excluding hydrogens is 807 g/mol. The molecule has 0 bridgehead atoms. The highest BCUT2D eigenvalue weighted by molar-refractivity contribution is 6.09. The lowest BCUT2D eigenvalue weighted by Gasteiger charge is -2.34. The van der Waals surface area contributed by atoms with E-state index in [1.165, 1.54) is 99.9 Å². The molecule has 67 heavy (non-hydrogen) atoms. The van der Waals surface area contributed by atoms with Gasteiger partial charge in [-0.05, 0) is 121 Å². The molecule has 0 heterocycles. The first kappa shape index (κ1) is 40.3. The van der Waals surface area contributed by atoms with Gasteiger partial charge < -0.3 is 4.90 Å². The first-order valence-corrected chi connectivity index (χ1v) is 23.6. The number of hydrogen-bond acceptors (Lipinski definition) is 1. The van der Waals surface area contributed by atoms with Crippen LogP contribution in [0.2, 0.25) is 0 Å². The molecule has 2 aliphatic carbocycles. The minimum absolute atomic E-state index is 0.304. The molecule has 1 heteroatoms. The van der Waals surface area contributed by atoms with Gasteiger partial charge in [0, 0.05) is 22.2 Å². The zero-order valence-electron chi connectivity index (χ0n) is 37.6. The van der Waals surface area contributed by atoms with Crippen LogP contribution in [0.25, 0.3) is 72.0 Å². The summed E-state index contributed by atoms with van der Waals surface area (Å²) in [7, 11) is 0. The molecule has 10 aromatic rings. The molecule has 0 N–H and O–H groups in total. The summed E-state index contributed by atoms with van der Waals surface area (Å²) < 4.78 is 0. The van der Waals surface area contributed by atoms with Crippen molar-refractivity contribution in [2.75, 3.05) is 4.90 Å². The highest BCUT2D eigenvalue weighted by Gasteiger charge is 2.42. The quantitative estimate of drug-likeness (QED) is 0.140. The zero-order valence-corrected chi connectivity index (χ0v) is 37.6. The number of benzene rings is 10. The van der Waals surface area contributed by atoms with Crippen LogP contribution in [0.5, 0.6) is 0 Å². The van der Waals surface area contributed by atoms with Crippen molar-refractivity contribution in [3.63, 3.8) is 0 Å². The highest BCUT2D eigenvalue weighted by atomic mass is 15.2. The monoisotopic (exact) mass is 855 g/mol. The van der Waals surface area contributed by atoms with Crippen LogP contribution in [0.15, 0.2) is 261 Å². The normalized spacial score (nSPS) is 15.1. The molecule has 0 aliphatic heterocycles. The van der Waals surface area contributed by atoms with Crippen molar-refractivity contribution >= 4 is 27.7 Å².